The molecule has 0 aromatic rings. The van der Waals surface area contributed by atoms with Gasteiger partial charge in [-0.25, -0.2) is 0 Å². The molecule has 3 saturated heterocycles. The van der Waals surface area contributed by atoms with Crippen LogP contribution < -0.4 is 0 Å². The Kier molecular flexibility index (Phi) is 5.08. The van der Waals surface area contributed by atoms with Gasteiger partial charge in [0.2, 0.25) is 0 Å². The molecule has 24 heavy (non-hydrogen) atoms. The average Bonchev–Trinajstić information content (AvgIpc) is 3.31. The van der Waals surface area contributed by atoms with Crippen molar-refractivity contribution in [2.24, 2.45) is 5.92 Å². The van der Waals surface area contributed by atoms with Gasteiger partial charge >= 0.3 is 0 Å². The van der Waals surface area contributed by atoms with Gasteiger partial charge in [0.15, 0.2) is 5.79 Å². The van der Waals surface area contributed by atoms with Crippen LogP contribution in [0.25, 0.3) is 0 Å². The molecule has 1 unspecified atom stereocenters. The molecule has 0 bridgehead atoms. The summed E-state index contributed by atoms with van der Waals surface area (Å²) in [6.45, 7) is 6.60. The van der Waals surface area contributed by atoms with E-state index in [1.807, 2.05) is 26.8 Å². The van der Waals surface area contributed by atoms with Crippen LogP contribution in [0.1, 0.15) is 40.0 Å². The van der Waals surface area contributed by atoms with Crippen LogP contribution in [-0.4, -0.2) is 66.3 Å². The van der Waals surface area contributed by atoms with Gasteiger partial charge in [-0.1, -0.05) is 6.08 Å². The zero-order valence-electron chi connectivity index (χ0n) is 15.0. The van der Waals surface area contributed by atoms with Gasteiger partial charge in [0.05, 0.1) is 18.8 Å². The first kappa shape index (κ1) is 18.3. The summed E-state index contributed by atoms with van der Waals surface area (Å²) < 4.78 is 23.1. The summed E-state index contributed by atoms with van der Waals surface area (Å²) in [7, 11) is 1.62. The predicted octanol–water partition coefficient (Wildman–Crippen LogP) is 1.39. The molecular formula is C18H30O6. The highest BCUT2D eigenvalue weighted by molar-refractivity contribution is 5.17. The van der Waals surface area contributed by atoms with Crippen LogP contribution in [0.2, 0.25) is 0 Å². The quantitative estimate of drug-likeness (QED) is 0.594. The lowest BCUT2D eigenvalue weighted by atomic mass is 9.85. The van der Waals surface area contributed by atoms with Crippen LogP contribution in [0.15, 0.2) is 11.6 Å². The standard InChI is InChI=1S/C18H30O6/c1-11(14-6-13(9-19)8-17(3,21-4)24-14)5-15-16(20)18(10-22-18)7-12(2)23-15/h5,12-16,19-20H,6-10H2,1-4H3/b11-5+/t12-,13?,14-,15+,16+,17-,18+/m0/s1. The third-order valence-corrected chi connectivity index (χ3v) is 5.61. The van der Waals surface area contributed by atoms with Gasteiger partial charge in [0, 0.05) is 26.6 Å². The van der Waals surface area contributed by atoms with Crippen molar-refractivity contribution in [2.45, 2.75) is 75.8 Å². The van der Waals surface area contributed by atoms with Gasteiger partial charge in [-0.3, -0.25) is 0 Å². The molecule has 3 aliphatic heterocycles. The van der Waals surface area contributed by atoms with Crippen LogP contribution in [0, 0.1) is 5.92 Å². The van der Waals surface area contributed by atoms with E-state index in [2.05, 4.69) is 0 Å². The van der Waals surface area contributed by atoms with Crippen molar-refractivity contribution in [1.82, 2.24) is 0 Å². The third-order valence-electron chi connectivity index (χ3n) is 5.61. The zero-order chi connectivity index (χ0) is 17.5. The summed E-state index contributed by atoms with van der Waals surface area (Å²) in [6, 6.07) is 0. The van der Waals surface area contributed by atoms with Gasteiger partial charge in [-0.05, 0) is 38.7 Å². The molecule has 138 valence electrons. The van der Waals surface area contributed by atoms with Crippen LogP contribution in [0.5, 0.6) is 0 Å². The van der Waals surface area contributed by atoms with Gasteiger partial charge in [-0.15, -0.1) is 0 Å². The maximum Gasteiger partial charge on any atom is 0.166 e. The normalized spacial score (nSPS) is 49.4. The summed E-state index contributed by atoms with van der Waals surface area (Å²) in [5.41, 5.74) is 0.562. The highest BCUT2D eigenvalue weighted by Crippen LogP contribution is 2.43. The first-order valence-corrected chi connectivity index (χ1v) is 8.80. The van der Waals surface area contributed by atoms with Crippen LogP contribution >= 0.6 is 0 Å². The van der Waals surface area contributed by atoms with Crippen molar-refractivity contribution < 1.29 is 29.2 Å². The summed E-state index contributed by atoms with van der Waals surface area (Å²) in [5, 5.41) is 20.2. The Morgan fingerprint density at radius 1 is 1.38 bits per heavy atom. The highest BCUT2D eigenvalue weighted by atomic mass is 16.7. The lowest BCUT2D eigenvalue weighted by molar-refractivity contribution is -0.262. The molecule has 3 aliphatic rings. The van der Waals surface area contributed by atoms with E-state index in [-0.39, 0.29) is 24.7 Å². The predicted molar refractivity (Wildman–Crippen MR) is 87.5 cm³/mol. The molecule has 6 nitrogen and oxygen atoms in total. The van der Waals surface area contributed by atoms with E-state index in [1.165, 1.54) is 0 Å². The van der Waals surface area contributed by atoms with Gasteiger partial charge in [0.25, 0.3) is 0 Å². The lowest BCUT2D eigenvalue weighted by Gasteiger charge is -2.42. The van der Waals surface area contributed by atoms with Crippen molar-refractivity contribution in [3.63, 3.8) is 0 Å². The number of hydrogen-bond donors (Lipinski definition) is 2. The second-order valence-electron chi connectivity index (χ2n) is 7.76. The topological polar surface area (TPSA) is 80.7 Å². The molecule has 0 amide bonds. The number of rotatable bonds is 4. The SMILES string of the molecule is CO[C@]1(C)CC(CO)C[C@@H](/C(C)=C/[C@H]2O[C@@H](C)C[C@@]3(CO3)[C@@H]2O)O1. The summed E-state index contributed by atoms with van der Waals surface area (Å²) >= 11 is 0. The molecule has 0 aromatic carbocycles. The maximum atomic E-state index is 10.6. The molecule has 3 fully saturated rings. The number of hydrogen-bond acceptors (Lipinski definition) is 6. The van der Waals surface area contributed by atoms with E-state index < -0.39 is 23.6 Å². The average molecular weight is 342 g/mol. The molecule has 2 N–H and O–H groups in total. The van der Waals surface area contributed by atoms with Gasteiger partial charge in [0.1, 0.15) is 17.8 Å². The Morgan fingerprint density at radius 3 is 2.67 bits per heavy atom. The Hall–Kier alpha value is -0.500. The molecule has 6 heteroatoms. The zero-order valence-corrected chi connectivity index (χ0v) is 15.0. The van der Waals surface area contributed by atoms with Crippen molar-refractivity contribution in [1.29, 1.82) is 0 Å². The van der Waals surface area contributed by atoms with Crippen molar-refractivity contribution in [2.75, 3.05) is 20.3 Å². The maximum absolute atomic E-state index is 10.6. The first-order valence-electron chi connectivity index (χ1n) is 8.80. The van der Waals surface area contributed by atoms with Gasteiger partial charge < -0.3 is 29.2 Å². The smallest absolute Gasteiger partial charge is 0.166 e. The van der Waals surface area contributed by atoms with Crippen molar-refractivity contribution in [3.8, 4) is 0 Å². The second-order valence-corrected chi connectivity index (χ2v) is 7.76. The fraction of sp³-hybridized carbons (Fsp3) is 0.889. The van der Waals surface area contributed by atoms with Crippen LogP contribution in [0.3, 0.4) is 0 Å². The fourth-order valence-electron chi connectivity index (χ4n) is 4.03. The Balaban J connectivity index is 1.74. The number of aliphatic hydroxyl groups is 2. The number of aliphatic hydroxyl groups excluding tert-OH is 2. The second kappa shape index (κ2) is 6.67. The highest BCUT2D eigenvalue weighted by Gasteiger charge is 2.57. The Bertz CT molecular complexity index is 488. The third kappa shape index (κ3) is 3.54. The van der Waals surface area contributed by atoms with Crippen molar-refractivity contribution in [3.05, 3.63) is 11.6 Å². The van der Waals surface area contributed by atoms with Crippen molar-refractivity contribution >= 4 is 0 Å². The molecule has 7 atom stereocenters. The van der Waals surface area contributed by atoms with Gasteiger partial charge in [-0.2, -0.15) is 0 Å². The minimum atomic E-state index is -0.703. The fourth-order valence-corrected chi connectivity index (χ4v) is 4.03. The van der Waals surface area contributed by atoms with Crippen LogP contribution in [-0.2, 0) is 18.9 Å². The molecule has 3 rings (SSSR count). The summed E-state index contributed by atoms with van der Waals surface area (Å²) in [4.78, 5) is 0. The minimum absolute atomic E-state index is 0.0478. The monoisotopic (exact) mass is 342 g/mol. The van der Waals surface area contributed by atoms with E-state index in [1.54, 1.807) is 7.11 Å². The minimum Gasteiger partial charge on any atom is -0.396 e. The van der Waals surface area contributed by atoms with E-state index >= 15 is 0 Å². The molecule has 0 radical (unpaired) electrons. The molecule has 0 aromatic heterocycles. The number of ether oxygens (including phenoxy) is 4. The molecular weight excluding hydrogens is 312 g/mol. The van der Waals surface area contributed by atoms with Crippen LogP contribution in [0.4, 0.5) is 0 Å². The lowest BCUT2D eigenvalue weighted by Crippen LogP contribution is -2.49. The van der Waals surface area contributed by atoms with E-state index in [4.69, 9.17) is 18.9 Å². The molecule has 3 heterocycles. The van der Waals surface area contributed by atoms with E-state index in [0.717, 1.165) is 18.4 Å². The molecule has 0 aliphatic carbocycles. The summed E-state index contributed by atoms with van der Waals surface area (Å²) in [6.07, 6.45) is 2.91. The Morgan fingerprint density at radius 2 is 2.08 bits per heavy atom. The Labute approximate surface area is 143 Å². The molecule has 0 saturated carbocycles. The van der Waals surface area contributed by atoms with E-state index in [0.29, 0.717) is 13.0 Å². The summed E-state index contributed by atoms with van der Waals surface area (Å²) in [5.74, 6) is -0.572. The number of epoxide rings is 1. The number of methoxy groups -OCH3 is 1. The largest absolute Gasteiger partial charge is 0.396 e. The van der Waals surface area contributed by atoms with E-state index in [9.17, 15) is 10.2 Å². The molecule has 1 spiro atoms. The first-order chi connectivity index (χ1) is 11.3.